The van der Waals surface area contributed by atoms with Crippen LogP contribution in [0.1, 0.15) is 19.8 Å². The standard InChI is InChI=1S/C8H11Cl2N/c1-2-5-3-8(11)7(10)4-6(5)9/h4,8H,2-3,11H2,1H3. The Balaban J connectivity index is 2.87. The molecular weight excluding hydrogens is 181 g/mol. The fourth-order valence-electron chi connectivity index (χ4n) is 1.10. The van der Waals surface area contributed by atoms with Gasteiger partial charge in [-0.1, -0.05) is 30.1 Å². The van der Waals surface area contributed by atoms with Gasteiger partial charge in [0.05, 0.1) is 0 Å². The summed E-state index contributed by atoms with van der Waals surface area (Å²) >= 11 is 11.7. The van der Waals surface area contributed by atoms with Gasteiger partial charge in [0.15, 0.2) is 0 Å². The maximum atomic E-state index is 5.91. The summed E-state index contributed by atoms with van der Waals surface area (Å²) in [5, 5.41) is 1.42. The van der Waals surface area contributed by atoms with Crippen molar-refractivity contribution in [3.8, 4) is 0 Å². The number of hydrogen-bond acceptors (Lipinski definition) is 1. The Bertz CT molecular complexity index is 218. The lowest BCUT2D eigenvalue weighted by atomic mass is 9.99. The van der Waals surface area contributed by atoms with Crippen LogP contribution in [0, 0.1) is 0 Å². The van der Waals surface area contributed by atoms with Gasteiger partial charge in [0, 0.05) is 16.1 Å². The fraction of sp³-hybridized carbons (Fsp3) is 0.500. The quantitative estimate of drug-likeness (QED) is 0.679. The Hall–Kier alpha value is 0.0200. The first-order valence-electron chi connectivity index (χ1n) is 3.65. The molecule has 0 radical (unpaired) electrons. The van der Waals surface area contributed by atoms with Gasteiger partial charge in [-0.05, 0) is 24.5 Å². The van der Waals surface area contributed by atoms with Crippen molar-refractivity contribution in [1.29, 1.82) is 0 Å². The van der Waals surface area contributed by atoms with E-state index in [0.717, 1.165) is 17.9 Å². The molecule has 0 spiro atoms. The van der Waals surface area contributed by atoms with E-state index in [4.69, 9.17) is 28.9 Å². The van der Waals surface area contributed by atoms with Gasteiger partial charge in [-0.25, -0.2) is 0 Å². The Morgan fingerprint density at radius 1 is 1.64 bits per heavy atom. The number of halogens is 2. The first-order chi connectivity index (χ1) is 5.15. The van der Waals surface area contributed by atoms with Crippen LogP contribution in [-0.2, 0) is 0 Å². The van der Waals surface area contributed by atoms with Crippen molar-refractivity contribution in [3.05, 3.63) is 21.7 Å². The third kappa shape index (κ3) is 1.98. The van der Waals surface area contributed by atoms with Crippen LogP contribution in [0.25, 0.3) is 0 Å². The molecule has 2 N–H and O–H groups in total. The van der Waals surface area contributed by atoms with Gasteiger partial charge in [0.25, 0.3) is 0 Å². The zero-order valence-electron chi connectivity index (χ0n) is 6.40. The molecule has 1 nitrogen and oxygen atoms in total. The third-order valence-corrected chi connectivity index (χ3v) is 2.62. The van der Waals surface area contributed by atoms with Gasteiger partial charge in [0.2, 0.25) is 0 Å². The van der Waals surface area contributed by atoms with Crippen LogP contribution in [0.2, 0.25) is 0 Å². The van der Waals surface area contributed by atoms with E-state index in [1.165, 1.54) is 5.57 Å². The van der Waals surface area contributed by atoms with E-state index in [9.17, 15) is 0 Å². The maximum Gasteiger partial charge on any atom is 0.0442 e. The molecule has 3 heteroatoms. The number of hydrogen-bond donors (Lipinski definition) is 1. The highest BCUT2D eigenvalue weighted by Crippen LogP contribution is 2.29. The minimum atomic E-state index is -0.0471. The van der Waals surface area contributed by atoms with E-state index < -0.39 is 0 Å². The molecule has 62 valence electrons. The first-order valence-corrected chi connectivity index (χ1v) is 4.41. The molecule has 11 heavy (non-hydrogen) atoms. The van der Waals surface area contributed by atoms with Crippen molar-refractivity contribution >= 4 is 23.2 Å². The summed E-state index contributed by atoms with van der Waals surface area (Å²) in [7, 11) is 0. The second-order valence-electron chi connectivity index (χ2n) is 2.64. The molecule has 0 bridgehead atoms. The molecule has 0 aromatic carbocycles. The molecule has 0 fully saturated rings. The van der Waals surface area contributed by atoms with Crippen molar-refractivity contribution in [2.75, 3.05) is 0 Å². The number of allylic oxidation sites excluding steroid dienone is 2. The minimum Gasteiger partial charge on any atom is -0.323 e. The summed E-state index contributed by atoms with van der Waals surface area (Å²) in [5.41, 5.74) is 6.91. The Morgan fingerprint density at radius 2 is 2.27 bits per heavy atom. The number of rotatable bonds is 1. The van der Waals surface area contributed by atoms with Crippen LogP contribution in [0.4, 0.5) is 0 Å². The molecule has 0 aromatic rings. The largest absolute Gasteiger partial charge is 0.323 e. The molecule has 1 unspecified atom stereocenters. The molecule has 0 aromatic heterocycles. The van der Waals surface area contributed by atoms with Crippen LogP contribution in [0.5, 0.6) is 0 Å². The van der Waals surface area contributed by atoms with Crippen LogP contribution in [0.3, 0.4) is 0 Å². The zero-order chi connectivity index (χ0) is 8.43. The minimum absolute atomic E-state index is 0.0471. The maximum absolute atomic E-state index is 5.91. The van der Waals surface area contributed by atoms with E-state index in [-0.39, 0.29) is 6.04 Å². The predicted molar refractivity (Wildman–Crippen MR) is 49.7 cm³/mol. The van der Waals surface area contributed by atoms with E-state index >= 15 is 0 Å². The van der Waals surface area contributed by atoms with Crippen LogP contribution in [0.15, 0.2) is 21.7 Å². The summed E-state index contributed by atoms with van der Waals surface area (Å²) < 4.78 is 0. The second-order valence-corrected chi connectivity index (χ2v) is 3.49. The Labute approximate surface area is 76.9 Å². The monoisotopic (exact) mass is 191 g/mol. The summed E-state index contributed by atoms with van der Waals surface area (Å²) in [6, 6.07) is -0.0471. The van der Waals surface area contributed by atoms with E-state index in [0.29, 0.717) is 5.03 Å². The smallest absolute Gasteiger partial charge is 0.0442 e. The van der Waals surface area contributed by atoms with Crippen LogP contribution >= 0.6 is 23.2 Å². The van der Waals surface area contributed by atoms with Gasteiger partial charge >= 0.3 is 0 Å². The summed E-state index contributed by atoms with van der Waals surface area (Å²) in [6.07, 6.45) is 3.49. The lowest BCUT2D eigenvalue weighted by Gasteiger charge is -2.18. The van der Waals surface area contributed by atoms with Gasteiger partial charge in [-0.15, -0.1) is 0 Å². The molecule has 1 rings (SSSR count). The normalized spacial score (nSPS) is 25.5. The van der Waals surface area contributed by atoms with Gasteiger partial charge in [-0.3, -0.25) is 0 Å². The molecule has 0 aliphatic heterocycles. The zero-order valence-corrected chi connectivity index (χ0v) is 7.91. The molecule has 0 amide bonds. The highest BCUT2D eigenvalue weighted by Gasteiger charge is 2.16. The molecule has 0 heterocycles. The van der Waals surface area contributed by atoms with Crippen LogP contribution < -0.4 is 5.73 Å². The summed E-state index contributed by atoms with van der Waals surface area (Å²) in [4.78, 5) is 0. The summed E-state index contributed by atoms with van der Waals surface area (Å²) in [6.45, 7) is 2.07. The third-order valence-electron chi connectivity index (χ3n) is 1.85. The van der Waals surface area contributed by atoms with Crippen molar-refractivity contribution in [2.45, 2.75) is 25.8 Å². The van der Waals surface area contributed by atoms with E-state index in [2.05, 4.69) is 6.92 Å². The molecule has 1 atom stereocenters. The molecule has 0 saturated heterocycles. The highest BCUT2D eigenvalue weighted by molar-refractivity contribution is 6.35. The molecule has 1 aliphatic rings. The average Bonchev–Trinajstić information content (AvgIpc) is 1.97. The highest BCUT2D eigenvalue weighted by atomic mass is 35.5. The van der Waals surface area contributed by atoms with Gasteiger partial charge < -0.3 is 5.73 Å². The Morgan fingerprint density at radius 3 is 2.82 bits per heavy atom. The van der Waals surface area contributed by atoms with Crippen molar-refractivity contribution in [3.63, 3.8) is 0 Å². The second kappa shape index (κ2) is 3.61. The van der Waals surface area contributed by atoms with Crippen molar-refractivity contribution < 1.29 is 0 Å². The average molecular weight is 192 g/mol. The van der Waals surface area contributed by atoms with Crippen LogP contribution in [-0.4, -0.2) is 6.04 Å². The molecule has 1 aliphatic carbocycles. The lowest BCUT2D eigenvalue weighted by molar-refractivity contribution is 0.750. The first kappa shape index (κ1) is 9.11. The van der Waals surface area contributed by atoms with Crippen molar-refractivity contribution in [2.24, 2.45) is 5.73 Å². The molecule has 0 saturated carbocycles. The predicted octanol–water partition coefficient (Wildman–Crippen LogP) is 2.74. The van der Waals surface area contributed by atoms with E-state index in [1.807, 2.05) is 0 Å². The number of nitrogens with two attached hydrogens (primary N) is 1. The van der Waals surface area contributed by atoms with E-state index in [1.54, 1.807) is 6.08 Å². The van der Waals surface area contributed by atoms with Gasteiger partial charge in [0.1, 0.15) is 0 Å². The Kier molecular flexibility index (Phi) is 2.99. The topological polar surface area (TPSA) is 26.0 Å². The lowest BCUT2D eigenvalue weighted by Crippen LogP contribution is -2.23. The molecular formula is C8H11Cl2N. The van der Waals surface area contributed by atoms with Crippen molar-refractivity contribution in [1.82, 2.24) is 0 Å². The fourth-order valence-corrected chi connectivity index (χ4v) is 1.67. The SMILES string of the molecule is CCC1=C(Cl)C=C(Cl)C(N)C1. The summed E-state index contributed by atoms with van der Waals surface area (Å²) in [5.74, 6) is 0. The van der Waals surface area contributed by atoms with Gasteiger partial charge in [-0.2, -0.15) is 0 Å².